The van der Waals surface area contributed by atoms with E-state index in [-0.39, 0.29) is 18.2 Å². The van der Waals surface area contributed by atoms with E-state index >= 15 is 0 Å². The molecule has 0 unspecified atom stereocenters. The van der Waals surface area contributed by atoms with Gasteiger partial charge in [-0.25, -0.2) is 0 Å². The number of amides is 1. The third-order valence-electron chi connectivity index (χ3n) is 3.73. The number of fused-ring (bicyclic) bond motifs is 1. The average Bonchev–Trinajstić information content (AvgIpc) is 2.97. The number of aryl methyl sites for hydroxylation is 1. The number of hydrogen-bond donors (Lipinski definition) is 2. The van der Waals surface area contributed by atoms with Gasteiger partial charge in [-0.15, -0.1) is 11.3 Å². The fourth-order valence-corrected chi connectivity index (χ4v) is 3.43. The first-order chi connectivity index (χ1) is 10.6. The fraction of sp³-hybridized carbons (Fsp3) is 0.562. The van der Waals surface area contributed by atoms with Crippen LogP contribution in [0.2, 0.25) is 0 Å². The highest BCUT2D eigenvalue weighted by molar-refractivity contribution is 7.20. The molecular weight excluding hydrogens is 314 g/mol. The highest BCUT2D eigenvalue weighted by Gasteiger charge is 2.24. The van der Waals surface area contributed by atoms with Crippen LogP contribution in [0.5, 0.6) is 0 Å². The van der Waals surface area contributed by atoms with Crippen molar-refractivity contribution >= 4 is 33.4 Å². The lowest BCUT2D eigenvalue weighted by Crippen LogP contribution is -2.43. The minimum absolute atomic E-state index is 0.0289. The molecule has 0 aliphatic rings. The number of hydrogen-bond acceptors (Lipinski definition) is 4. The van der Waals surface area contributed by atoms with E-state index in [1.54, 1.807) is 0 Å². The van der Waals surface area contributed by atoms with Gasteiger partial charge in [-0.3, -0.25) is 14.3 Å². The van der Waals surface area contributed by atoms with Crippen LogP contribution in [-0.4, -0.2) is 32.3 Å². The van der Waals surface area contributed by atoms with Gasteiger partial charge < -0.3 is 10.4 Å². The van der Waals surface area contributed by atoms with E-state index in [4.69, 9.17) is 5.11 Å². The minimum atomic E-state index is -0.859. The van der Waals surface area contributed by atoms with Gasteiger partial charge in [-0.1, -0.05) is 13.8 Å². The van der Waals surface area contributed by atoms with Crippen molar-refractivity contribution in [3.63, 3.8) is 0 Å². The smallest absolute Gasteiger partial charge is 0.303 e. The molecule has 0 spiro atoms. The van der Waals surface area contributed by atoms with Crippen molar-refractivity contribution in [1.82, 2.24) is 15.1 Å². The maximum atomic E-state index is 12.5. The lowest BCUT2D eigenvalue weighted by Gasteiger charge is -2.25. The molecule has 0 aliphatic heterocycles. The zero-order valence-corrected chi connectivity index (χ0v) is 15.0. The van der Waals surface area contributed by atoms with E-state index in [9.17, 15) is 9.59 Å². The second-order valence-corrected chi connectivity index (χ2v) is 7.76. The summed E-state index contributed by atoms with van der Waals surface area (Å²) in [7, 11) is 1.88. The van der Waals surface area contributed by atoms with Gasteiger partial charge in [0.2, 0.25) is 0 Å². The monoisotopic (exact) mass is 337 g/mol. The lowest BCUT2D eigenvalue weighted by molar-refractivity contribution is -0.137. The van der Waals surface area contributed by atoms with Crippen molar-refractivity contribution < 1.29 is 14.7 Å². The first-order valence-corrected chi connectivity index (χ1v) is 8.43. The lowest BCUT2D eigenvalue weighted by atomic mass is 9.98. The van der Waals surface area contributed by atoms with Crippen molar-refractivity contribution in [2.75, 3.05) is 0 Å². The molecule has 2 rings (SSSR count). The van der Waals surface area contributed by atoms with Crippen LogP contribution < -0.4 is 5.32 Å². The van der Waals surface area contributed by atoms with Gasteiger partial charge >= 0.3 is 5.97 Å². The van der Waals surface area contributed by atoms with E-state index in [0.29, 0.717) is 11.3 Å². The number of nitrogens with zero attached hydrogens (tertiary/aromatic N) is 2. The predicted molar refractivity (Wildman–Crippen MR) is 91.1 cm³/mol. The number of thiophene rings is 1. The Hall–Kier alpha value is -1.89. The summed E-state index contributed by atoms with van der Waals surface area (Å²) >= 11 is 1.41. The van der Waals surface area contributed by atoms with E-state index in [1.165, 1.54) is 11.3 Å². The number of carbonyl (C=O) groups excluding carboxylic acids is 1. The van der Waals surface area contributed by atoms with Crippen molar-refractivity contribution in [1.29, 1.82) is 0 Å². The number of carbonyl (C=O) groups is 2. The second kappa shape index (κ2) is 6.31. The molecule has 2 heterocycles. The molecule has 6 nitrogen and oxygen atoms in total. The molecule has 0 aromatic carbocycles. The zero-order chi connectivity index (χ0) is 17.4. The highest BCUT2D eigenvalue weighted by Crippen LogP contribution is 2.31. The molecule has 0 saturated carbocycles. The number of aliphatic carboxylic acids is 1. The molecule has 0 radical (unpaired) electrons. The Labute approximate surface area is 139 Å². The van der Waals surface area contributed by atoms with Gasteiger partial charge in [0.05, 0.1) is 10.6 Å². The quantitative estimate of drug-likeness (QED) is 0.848. The van der Waals surface area contributed by atoms with E-state index in [2.05, 4.69) is 24.3 Å². The predicted octanol–water partition coefficient (Wildman–Crippen LogP) is 3.13. The van der Waals surface area contributed by atoms with Crippen LogP contribution in [0.1, 0.15) is 61.8 Å². The standard InChI is InChI=1S/C16H23N3O3S/c1-9(2)13-10-8-11(23-15(10)19(5)18-13)14(22)17-16(3,4)7-6-12(20)21/h8-9H,6-7H2,1-5H3,(H,17,22)(H,20,21). The Kier molecular flexibility index (Phi) is 4.79. The van der Waals surface area contributed by atoms with Crippen molar-refractivity contribution in [3.05, 3.63) is 16.6 Å². The van der Waals surface area contributed by atoms with Gasteiger partial charge in [0.15, 0.2) is 0 Å². The summed E-state index contributed by atoms with van der Waals surface area (Å²) < 4.78 is 1.81. The van der Waals surface area contributed by atoms with Crippen molar-refractivity contribution in [2.45, 2.75) is 52.0 Å². The molecule has 2 N–H and O–H groups in total. The molecule has 0 saturated heterocycles. The summed E-state index contributed by atoms with van der Waals surface area (Å²) in [5.41, 5.74) is 0.424. The van der Waals surface area contributed by atoms with E-state index < -0.39 is 11.5 Å². The first-order valence-electron chi connectivity index (χ1n) is 7.61. The molecular formula is C16H23N3O3S. The minimum Gasteiger partial charge on any atom is -0.481 e. The number of rotatable bonds is 6. The first kappa shape index (κ1) is 17.5. The summed E-state index contributed by atoms with van der Waals surface area (Å²) in [6.45, 7) is 7.83. The average molecular weight is 337 g/mol. The number of aromatic nitrogens is 2. The SMILES string of the molecule is CC(C)c1nn(C)c2sc(C(=O)NC(C)(C)CCC(=O)O)cc12. The number of carboxylic acid groups (broad SMARTS) is 1. The summed E-state index contributed by atoms with van der Waals surface area (Å²) in [5.74, 6) is -0.741. The summed E-state index contributed by atoms with van der Waals surface area (Å²) in [4.78, 5) is 24.8. The summed E-state index contributed by atoms with van der Waals surface area (Å²) in [5, 5.41) is 17.2. The number of nitrogens with one attached hydrogen (secondary N) is 1. The maximum absolute atomic E-state index is 12.5. The van der Waals surface area contributed by atoms with Crippen molar-refractivity contribution in [2.24, 2.45) is 7.05 Å². The normalized spacial score (nSPS) is 12.1. The molecule has 126 valence electrons. The molecule has 0 fully saturated rings. The Balaban J connectivity index is 2.21. The van der Waals surface area contributed by atoms with Crippen LogP contribution in [0.15, 0.2) is 6.07 Å². The Morgan fingerprint density at radius 2 is 2.09 bits per heavy atom. The van der Waals surface area contributed by atoms with Crippen LogP contribution in [0.3, 0.4) is 0 Å². The molecule has 7 heteroatoms. The molecule has 1 amide bonds. The Bertz CT molecular complexity index is 743. The van der Waals surface area contributed by atoms with Gasteiger partial charge in [-0.2, -0.15) is 5.10 Å². The molecule has 2 aromatic heterocycles. The molecule has 0 bridgehead atoms. The third-order valence-corrected chi connectivity index (χ3v) is 4.93. The summed E-state index contributed by atoms with van der Waals surface area (Å²) in [6.07, 6.45) is 0.416. The Morgan fingerprint density at radius 1 is 1.43 bits per heavy atom. The van der Waals surface area contributed by atoms with Crippen LogP contribution in [0.25, 0.3) is 10.2 Å². The van der Waals surface area contributed by atoms with Gasteiger partial charge in [0, 0.05) is 24.4 Å². The topological polar surface area (TPSA) is 84.2 Å². The largest absolute Gasteiger partial charge is 0.481 e. The number of carboxylic acids is 1. The van der Waals surface area contributed by atoms with Crippen LogP contribution in [-0.2, 0) is 11.8 Å². The third kappa shape index (κ3) is 3.90. The highest BCUT2D eigenvalue weighted by atomic mass is 32.1. The maximum Gasteiger partial charge on any atom is 0.303 e. The zero-order valence-electron chi connectivity index (χ0n) is 14.1. The van der Waals surface area contributed by atoms with Gasteiger partial charge in [-0.05, 0) is 32.3 Å². The second-order valence-electron chi connectivity index (χ2n) is 6.72. The fourth-order valence-electron chi connectivity index (χ4n) is 2.46. The molecule has 0 aliphatic carbocycles. The van der Waals surface area contributed by atoms with Crippen LogP contribution >= 0.6 is 11.3 Å². The van der Waals surface area contributed by atoms with Crippen LogP contribution in [0.4, 0.5) is 0 Å². The molecule has 23 heavy (non-hydrogen) atoms. The molecule has 2 aromatic rings. The van der Waals surface area contributed by atoms with E-state index in [1.807, 2.05) is 31.6 Å². The van der Waals surface area contributed by atoms with Crippen molar-refractivity contribution in [3.8, 4) is 0 Å². The van der Waals surface area contributed by atoms with E-state index in [0.717, 1.165) is 15.9 Å². The molecule has 0 atom stereocenters. The summed E-state index contributed by atoms with van der Waals surface area (Å²) in [6, 6.07) is 1.88. The van der Waals surface area contributed by atoms with Gasteiger partial charge in [0.25, 0.3) is 5.91 Å². The van der Waals surface area contributed by atoms with Gasteiger partial charge in [0.1, 0.15) is 4.83 Å². The Morgan fingerprint density at radius 3 is 2.65 bits per heavy atom. The van der Waals surface area contributed by atoms with Crippen LogP contribution in [0, 0.1) is 0 Å².